The summed E-state index contributed by atoms with van der Waals surface area (Å²) in [7, 11) is 0. The second kappa shape index (κ2) is 6.06. The molecule has 0 saturated carbocycles. The van der Waals surface area contributed by atoms with Gasteiger partial charge in [0.2, 0.25) is 0 Å². The molecular formula is C17H21N3O. The van der Waals surface area contributed by atoms with Crippen LogP contribution in [0.2, 0.25) is 0 Å². The summed E-state index contributed by atoms with van der Waals surface area (Å²) in [6, 6.07) is 14.5. The number of hydrogen-bond acceptors (Lipinski definition) is 4. The molecule has 1 saturated heterocycles. The zero-order valence-electron chi connectivity index (χ0n) is 12.3. The lowest BCUT2D eigenvalue weighted by atomic mass is 10.2. The van der Waals surface area contributed by atoms with Gasteiger partial charge in [-0.15, -0.1) is 0 Å². The Bertz CT molecular complexity index is 604. The minimum Gasteiger partial charge on any atom is -0.398 e. The van der Waals surface area contributed by atoms with Crippen LogP contribution in [0.3, 0.4) is 0 Å². The summed E-state index contributed by atoms with van der Waals surface area (Å²) in [5, 5.41) is 3.38. The van der Waals surface area contributed by atoms with E-state index in [1.807, 2.05) is 25.1 Å². The largest absolute Gasteiger partial charge is 0.398 e. The molecule has 0 aromatic heterocycles. The van der Waals surface area contributed by atoms with Gasteiger partial charge in [0.25, 0.3) is 0 Å². The zero-order valence-corrected chi connectivity index (χ0v) is 12.3. The van der Waals surface area contributed by atoms with Gasteiger partial charge in [0.1, 0.15) is 0 Å². The Balaban J connectivity index is 1.70. The first-order valence-corrected chi connectivity index (χ1v) is 7.28. The molecule has 0 atom stereocenters. The minimum atomic E-state index is 0.808. The molecule has 1 aliphatic heterocycles. The second-order valence-corrected chi connectivity index (χ2v) is 5.34. The molecule has 110 valence electrons. The van der Waals surface area contributed by atoms with E-state index in [0.29, 0.717) is 0 Å². The smallest absolute Gasteiger partial charge is 0.0642 e. The van der Waals surface area contributed by atoms with Gasteiger partial charge in [0.05, 0.1) is 13.2 Å². The van der Waals surface area contributed by atoms with Crippen molar-refractivity contribution >= 4 is 22.7 Å². The lowest BCUT2D eigenvalue weighted by Gasteiger charge is -2.29. The molecule has 1 heterocycles. The third kappa shape index (κ3) is 3.28. The van der Waals surface area contributed by atoms with Crippen molar-refractivity contribution in [3.05, 3.63) is 48.0 Å². The number of hydrogen-bond donors (Lipinski definition) is 2. The topological polar surface area (TPSA) is 50.5 Å². The molecule has 0 amide bonds. The number of benzene rings is 2. The van der Waals surface area contributed by atoms with Crippen molar-refractivity contribution in [2.45, 2.75) is 6.92 Å². The van der Waals surface area contributed by atoms with Crippen molar-refractivity contribution in [3.8, 4) is 0 Å². The molecule has 4 nitrogen and oxygen atoms in total. The summed E-state index contributed by atoms with van der Waals surface area (Å²) in [6.07, 6.45) is 0. The van der Waals surface area contributed by atoms with Crippen LogP contribution < -0.4 is 16.0 Å². The number of nitrogens with zero attached hydrogens (tertiary/aromatic N) is 1. The average Bonchev–Trinajstić information content (AvgIpc) is 2.53. The number of ether oxygens (including phenoxy) is 1. The fourth-order valence-electron chi connectivity index (χ4n) is 2.46. The average molecular weight is 283 g/mol. The molecule has 3 N–H and O–H groups in total. The lowest BCUT2D eigenvalue weighted by Crippen LogP contribution is -2.36. The number of aryl methyl sites for hydroxylation is 1. The Hall–Kier alpha value is -2.20. The lowest BCUT2D eigenvalue weighted by molar-refractivity contribution is 0.122. The number of anilines is 4. The van der Waals surface area contributed by atoms with Gasteiger partial charge in [0.15, 0.2) is 0 Å². The summed E-state index contributed by atoms with van der Waals surface area (Å²) in [6.45, 7) is 5.55. The summed E-state index contributed by atoms with van der Waals surface area (Å²) < 4.78 is 5.38. The van der Waals surface area contributed by atoms with Gasteiger partial charge < -0.3 is 20.7 Å². The first kappa shape index (κ1) is 13.8. The maximum atomic E-state index is 5.94. The summed E-state index contributed by atoms with van der Waals surface area (Å²) in [5.41, 5.74) is 11.2. The molecule has 0 aliphatic carbocycles. The van der Waals surface area contributed by atoms with Crippen LogP contribution in [0.25, 0.3) is 0 Å². The second-order valence-electron chi connectivity index (χ2n) is 5.34. The first-order chi connectivity index (χ1) is 10.2. The third-order valence-electron chi connectivity index (χ3n) is 3.81. The molecule has 1 fully saturated rings. The Kier molecular flexibility index (Phi) is 3.97. The van der Waals surface area contributed by atoms with Crippen LogP contribution in [0.4, 0.5) is 22.7 Å². The standard InChI is InChI=1S/C17H21N3O/c1-13-2-3-15(12-17(13)18)19-14-4-6-16(7-5-14)20-8-10-21-11-9-20/h2-7,12,19H,8-11,18H2,1H3. The normalized spacial score (nSPS) is 15.0. The Morgan fingerprint density at radius 3 is 2.33 bits per heavy atom. The van der Waals surface area contributed by atoms with Crippen LogP contribution in [0.1, 0.15) is 5.56 Å². The predicted molar refractivity (Wildman–Crippen MR) is 88.3 cm³/mol. The fraction of sp³-hybridized carbons (Fsp3) is 0.294. The van der Waals surface area contributed by atoms with Gasteiger partial charge >= 0.3 is 0 Å². The number of nitrogens with one attached hydrogen (secondary N) is 1. The molecule has 21 heavy (non-hydrogen) atoms. The first-order valence-electron chi connectivity index (χ1n) is 7.28. The van der Waals surface area contributed by atoms with Crippen molar-refractivity contribution in [1.82, 2.24) is 0 Å². The number of nitrogen functional groups attached to an aromatic ring is 1. The third-order valence-corrected chi connectivity index (χ3v) is 3.81. The molecule has 0 spiro atoms. The maximum absolute atomic E-state index is 5.94. The molecule has 0 radical (unpaired) electrons. The van der Waals surface area contributed by atoms with Crippen LogP contribution in [-0.4, -0.2) is 26.3 Å². The van der Waals surface area contributed by atoms with Crippen molar-refractivity contribution in [3.63, 3.8) is 0 Å². The van der Waals surface area contributed by atoms with Gasteiger partial charge in [-0.3, -0.25) is 0 Å². The van der Waals surface area contributed by atoms with Crippen LogP contribution in [-0.2, 0) is 4.74 Å². The molecule has 2 aromatic carbocycles. The fourth-order valence-corrected chi connectivity index (χ4v) is 2.46. The molecule has 2 aromatic rings. The van der Waals surface area contributed by atoms with Crippen molar-refractivity contribution in [2.24, 2.45) is 0 Å². The van der Waals surface area contributed by atoms with Crippen LogP contribution in [0, 0.1) is 6.92 Å². The molecule has 4 heteroatoms. The van der Waals surface area contributed by atoms with E-state index in [1.165, 1.54) is 5.69 Å². The zero-order chi connectivity index (χ0) is 14.7. The number of morpholine rings is 1. The van der Waals surface area contributed by atoms with Crippen molar-refractivity contribution in [1.29, 1.82) is 0 Å². The SMILES string of the molecule is Cc1ccc(Nc2ccc(N3CCOCC3)cc2)cc1N. The van der Waals surface area contributed by atoms with Crippen molar-refractivity contribution < 1.29 is 4.74 Å². The van der Waals surface area contributed by atoms with E-state index < -0.39 is 0 Å². The Labute approximate surface area is 125 Å². The van der Waals surface area contributed by atoms with E-state index in [2.05, 4.69) is 34.5 Å². The van der Waals surface area contributed by atoms with Crippen LogP contribution in [0.15, 0.2) is 42.5 Å². The highest BCUT2D eigenvalue weighted by molar-refractivity contribution is 5.67. The maximum Gasteiger partial charge on any atom is 0.0642 e. The number of rotatable bonds is 3. The highest BCUT2D eigenvalue weighted by Gasteiger charge is 2.10. The van der Waals surface area contributed by atoms with E-state index >= 15 is 0 Å². The predicted octanol–water partition coefficient (Wildman–Crippen LogP) is 3.16. The summed E-state index contributed by atoms with van der Waals surface area (Å²) >= 11 is 0. The van der Waals surface area contributed by atoms with Crippen LogP contribution in [0.5, 0.6) is 0 Å². The van der Waals surface area contributed by atoms with Crippen molar-refractivity contribution in [2.75, 3.05) is 42.3 Å². The molecule has 0 bridgehead atoms. The Morgan fingerprint density at radius 1 is 1.00 bits per heavy atom. The van der Waals surface area contributed by atoms with E-state index in [-0.39, 0.29) is 0 Å². The van der Waals surface area contributed by atoms with Gasteiger partial charge in [-0.2, -0.15) is 0 Å². The van der Waals surface area contributed by atoms with E-state index in [0.717, 1.165) is 48.9 Å². The Morgan fingerprint density at radius 2 is 1.67 bits per heavy atom. The van der Waals surface area contributed by atoms with Gasteiger partial charge in [0, 0.05) is 35.8 Å². The molecular weight excluding hydrogens is 262 g/mol. The van der Waals surface area contributed by atoms with Crippen LogP contribution >= 0.6 is 0 Å². The molecule has 0 unspecified atom stereocenters. The van der Waals surface area contributed by atoms with Gasteiger partial charge in [-0.05, 0) is 48.9 Å². The van der Waals surface area contributed by atoms with Gasteiger partial charge in [-0.25, -0.2) is 0 Å². The number of nitrogens with two attached hydrogens (primary N) is 1. The summed E-state index contributed by atoms with van der Waals surface area (Å²) in [4.78, 5) is 2.34. The van der Waals surface area contributed by atoms with Gasteiger partial charge in [-0.1, -0.05) is 6.07 Å². The quantitative estimate of drug-likeness (QED) is 0.850. The van der Waals surface area contributed by atoms with E-state index in [1.54, 1.807) is 0 Å². The minimum absolute atomic E-state index is 0.808. The van der Waals surface area contributed by atoms with E-state index in [4.69, 9.17) is 10.5 Å². The molecule has 3 rings (SSSR count). The van der Waals surface area contributed by atoms with E-state index in [9.17, 15) is 0 Å². The summed E-state index contributed by atoms with van der Waals surface area (Å²) in [5.74, 6) is 0. The molecule has 1 aliphatic rings. The monoisotopic (exact) mass is 283 g/mol. The highest BCUT2D eigenvalue weighted by Crippen LogP contribution is 2.24. The highest BCUT2D eigenvalue weighted by atomic mass is 16.5.